The first-order chi connectivity index (χ1) is 9.31. The minimum Gasteiger partial charge on any atom is -0.283 e. The van der Waals surface area contributed by atoms with E-state index in [1.165, 1.54) is 5.56 Å². The van der Waals surface area contributed by atoms with Crippen molar-refractivity contribution in [2.45, 2.75) is 13.3 Å². The fourth-order valence-corrected chi connectivity index (χ4v) is 2.44. The first kappa shape index (κ1) is 11.7. The van der Waals surface area contributed by atoms with Gasteiger partial charge in [-0.05, 0) is 30.2 Å². The molecule has 0 atom stereocenters. The number of benzene rings is 2. The fraction of sp³-hybridized carbons (Fsp3) is 0.118. The Labute approximate surface area is 112 Å². The van der Waals surface area contributed by atoms with Crippen LogP contribution in [0.4, 0.5) is 0 Å². The number of aromatic nitrogens is 1. The topological polar surface area (TPSA) is 22.0 Å². The maximum absolute atomic E-state index is 12.6. The molecule has 19 heavy (non-hydrogen) atoms. The molecule has 0 radical (unpaired) electrons. The van der Waals surface area contributed by atoms with Crippen molar-refractivity contribution in [2.24, 2.45) is 0 Å². The molecule has 0 saturated carbocycles. The second-order valence-electron chi connectivity index (χ2n) is 4.57. The lowest BCUT2D eigenvalue weighted by molar-refractivity contribution is 0.0965. The van der Waals surface area contributed by atoms with E-state index in [0.29, 0.717) is 5.56 Å². The second-order valence-corrected chi connectivity index (χ2v) is 4.57. The number of hydrogen-bond donors (Lipinski definition) is 0. The third kappa shape index (κ3) is 1.95. The summed E-state index contributed by atoms with van der Waals surface area (Å²) in [5.41, 5.74) is 2.94. The Morgan fingerprint density at radius 3 is 2.53 bits per heavy atom. The molecule has 0 bridgehead atoms. The maximum Gasteiger partial charge on any atom is 0.262 e. The van der Waals surface area contributed by atoms with Crippen LogP contribution in [-0.2, 0) is 6.42 Å². The summed E-state index contributed by atoms with van der Waals surface area (Å²) in [6, 6.07) is 17.6. The van der Waals surface area contributed by atoms with E-state index in [1.54, 1.807) is 4.57 Å². The molecule has 2 heteroatoms. The summed E-state index contributed by atoms with van der Waals surface area (Å²) in [6.45, 7) is 2.11. The standard InChI is InChI=1S/C17H15NO/c1-2-13-9-6-10-14-11-12-18(16(13)14)17(19)15-7-4-3-5-8-15/h3-12H,2H2,1H3. The van der Waals surface area contributed by atoms with Crippen LogP contribution < -0.4 is 0 Å². The zero-order chi connectivity index (χ0) is 13.2. The van der Waals surface area contributed by atoms with Gasteiger partial charge in [0, 0.05) is 17.1 Å². The number of carbonyl (C=O) groups is 1. The third-order valence-electron chi connectivity index (χ3n) is 3.42. The van der Waals surface area contributed by atoms with Gasteiger partial charge in [-0.2, -0.15) is 0 Å². The van der Waals surface area contributed by atoms with Crippen LogP contribution in [0.5, 0.6) is 0 Å². The van der Waals surface area contributed by atoms with Crippen molar-refractivity contribution >= 4 is 16.8 Å². The van der Waals surface area contributed by atoms with Crippen LogP contribution in [-0.4, -0.2) is 10.5 Å². The van der Waals surface area contributed by atoms with Gasteiger partial charge >= 0.3 is 0 Å². The lowest BCUT2D eigenvalue weighted by Gasteiger charge is -2.07. The molecule has 0 fully saturated rings. The molecule has 1 heterocycles. The monoisotopic (exact) mass is 249 g/mol. The summed E-state index contributed by atoms with van der Waals surface area (Å²) in [5, 5.41) is 1.11. The number of carbonyl (C=O) groups excluding carboxylic acids is 1. The summed E-state index contributed by atoms with van der Waals surface area (Å²) < 4.78 is 1.75. The number of para-hydroxylation sites is 1. The predicted molar refractivity (Wildman–Crippen MR) is 77.5 cm³/mol. The van der Waals surface area contributed by atoms with Gasteiger partial charge in [-0.25, -0.2) is 0 Å². The van der Waals surface area contributed by atoms with Gasteiger partial charge in [0.25, 0.3) is 5.91 Å². The van der Waals surface area contributed by atoms with E-state index in [1.807, 2.05) is 54.7 Å². The largest absolute Gasteiger partial charge is 0.283 e. The van der Waals surface area contributed by atoms with Gasteiger partial charge in [-0.15, -0.1) is 0 Å². The van der Waals surface area contributed by atoms with Gasteiger partial charge in [0.2, 0.25) is 0 Å². The molecule has 0 aliphatic rings. The van der Waals surface area contributed by atoms with E-state index in [0.717, 1.165) is 17.3 Å². The number of hydrogen-bond acceptors (Lipinski definition) is 1. The van der Waals surface area contributed by atoms with E-state index in [9.17, 15) is 4.79 Å². The van der Waals surface area contributed by atoms with E-state index in [4.69, 9.17) is 0 Å². The van der Waals surface area contributed by atoms with Crippen molar-refractivity contribution in [3.63, 3.8) is 0 Å². The first-order valence-electron chi connectivity index (χ1n) is 6.50. The van der Waals surface area contributed by atoms with Crippen molar-refractivity contribution in [3.05, 3.63) is 71.9 Å². The van der Waals surface area contributed by atoms with Crippen LogP contribution in [0.2, 0.25) is 0 Å². The summed E-state index contributed by atoms with van der Waals surface area (Å²) in [6.07, 6.45) is 2.78. The molecule has 0 spiro atoms. The number of fused-ring (bicyclic) bond motifs is 1. The van der Waals surface area contributed by atoms with Crippen molar-refractivity contribution < 1.29 is 4.79 Å². The summed E-state index contributed by atoms with van der Waals surface area (Å²) in [5.74, 6) is 0.0245. The molecular formula is C17H15NO. The molecule has 3 rings (SSSR count). The zero-order valence-electron chi connectivity index (χ0n) is 10.8. The minimum absolute atomic E-state index is 0.0245. The fourth-order valence-electron chi connectivity index (χ4n) is 2.44. The Kier molecular flexibility index (Phi) is 2.92. The highest BCUT2D eigenvalue weighted by Gasteiger charge is 2.12. The molecule has 2 nitrogen and oxygen atoms in total. The Hall–Kier alpha value is -2.35. The third-order valence-corrected chi connectivity index (χ3v) is 3.42. The summed E-state index contributed by atoms with van der Waals surface area (Å²) in [4.78, 5) is 12.6. The van der Waals surface area contributed by atoms with Gasteiger partial charge < -0.3 is 0 Å². The smallest absolute Gasteiger partial charge is 0.262 e. The van der Waals surface area contributed by atoms with E-state index < -0.39 is 0 Å². The SMILES string of the molecule is CCc1cccc2ccn(C(=O)c3ccccc3)c12. The van der Waals surface area contributed by atoms with Crippen LogP contribution in [0.1, 0.15) is 22.8 Å². The maximum atomic E-state index is 12.6. The first-order valence-corrected chi connectivity index (χ1v) is 6.50. The van der Waals surface area contributed by atoms with Gasteiger partial charge in [0.1, 0.15) is 0 Å². The Morgan fingerprint density at radius 2 is 1.79 bits per heavy atom. The van der Waals surface area contributed by atoms with Crippen LogP contribution in [0, 0.1) is 0 Å². The molecule has 0 aliphatic heterocycles. The lowest BCUT2D eigenvalue weighted by Crippen LogP contribution is -2.11. The van der Waals surface area contributed by atoms with Gasteiger partial charge in [-0.1, -0.05) is 43.3 Å². The molecule has 0 aliphatic carbocycles. The average Bonchev–Trinajstić information content (AvgIpc) is 2.91. The number of aryl methyl sites for hydroxylation is 1. The minimum atomic E-state index is 0.0245. The molecule has 1 aromatic heterocycles. The number of rotatable bonds is 2. The highest BCUT2D eigenvalue weighted by molar-refractivity contribution is 6.02. The van der Waals surface area contributed by atoms with E-state index in [-0.39, 0.29) is 5.91 Å². The summed E-state index contributed by atoms with van der Waals surface area (Å²) in [7, 11) is 0. The molecule has 2 aromatic carbocycles. The molecular weight excluding hydrogens is 234 g/mol. The Bertz CT molecular complexity index is 725. The average molecular weight is 249 g/mol. The quantitative estimate of drug-likeness (QED) is 0.675. The van der Waals surface area contributed by atoms with Crippen LogP contribution >= 0.6 is 0 Å². The molecule has 3 aromatic rings. The van der Waals surface area contributed by atoms with Gasteiger partial charge in [0.15, 0.2) is 0 Å². The highest BCUT2D eigenvalue weighted by Crippen LogP contribution is 2.22. The van der Waals surface area contributed by atoms with Crippen LogP contribution in [0.15, 0.2) is 60.8 Å². The Morgan fingerprint density at radius 1 is 1.00 bits per heavy atom. The summed E-state index contributed by atoms with van der Waals surface area (Å²) >= 11 is 0. The highest BCUT2D eigenvalue weighted by atomic mass is 16.2. The zero-order valence-corrected chi connectivity index (χ0v) is 10.8. The van der Waals surface area contributed by atoms with Gasteiger partial charge in [-0.3, -0.25) is 9.36 Å². The lowest BCUT2D eigenvalue weighted by atomic mass is 10.1. The molecule has 0 unspecified atom stereocenters. The number of nitrogens with zero attached hydrogens (tertiary/aromatic N) is 1. The van der Waals surface area contributed by atoms with Crippen LogP contribution in [0.25, 0.3) is 10.9 Å². The van der Waals surface area contributed by atoms with Gasteiger partial charge in [0.05, 0.1) is 5.52 Å². The molecule has 0 saturated heterocycles. The Balaban J connectivity index is 2.18. The van der Waals surface area contributed by atoms with Crippen molar-refractivity contribution in [3.8, 4) is 0 Å². The molecule has 0 amide bonds. The predicted octanol–water partition coefficient (Wildman–Crippen LogP) is 3.89. The van der Waals surface area contributed by atoms with E-state index in [2.05, 4.69) is 13.0 Å². The van der Waals surface area contributed by atoms with Crippen molar-refractivity contribution in [1.82, 2.24) is 4.57 Å². The molecule has 0 N–H and O–H groups in total. The second kappa shape index (κ2) is 4.73. The molecule has 94 valence electrons. The normalized spacial score (nSPS) is 10.8. The van der Waals surface area contributed by atoms with Crippen LogP contribution in [0.3, 0.4) is 0 Å². The van der Waals surface area contributed by atoms with Crippen molar-refractivity contribution in [1.29, 1.82) is 0 Å². The van der Waals surface area contributed by atoms with Crippen molar-refractivity contribution in [2.75, 3.05) is 0 Å². The van der Waals surface area contributed by atoms with E-state index >= 15 is 0 Å².